The van der Waals surface area contributed by atoms with Gasteiger partial charge in [-0.1, -0.05) is 0 Å². The SMILES string of the molecule is O=S(=O)(Nc1cc(F)c(Br)cc1F)c1c[nH]c2c1CC[C@H](C(F)F)C2. The quantitative estimate of drug-likeness (QED) is 0.551. The molecule has 0 amide bonds. The Kier molecular flexibility index (Phi) is 4.84. The Bertz CT molecular complexity index is 914. The number of fused-ring (bicyclic) bond motifs is 1. The molecule has 2 N–H and O–H groups in total. The van der Waals surface area contributed by atoms with Gasteiger partial charge < -0.3 is 4.98 Å². The van der Waals surface area contributed by atoms with Gasteiger partial charge in [0.1, 0.15) is 16.5 Å². The first-order valence-corrected chi connectivity index (χ1v) is 9.61. The molecule has 1 aliphatic rings. The summed E-state index contributed by atoms with van der Waals surface area (Å²) in [6.45, 7) is 0. The zero-order valence-corrected chi connectivity index (χ0v) is 15.0. The fraction of sp³-hybridized carbons (Fsp3) is 0.333. The molecule has 0 saturated heterocycles. The second-order valence-electron chi connectivity index (χ2n) is 5.80. The standard InChI is InChI=1S/C15H13BrF4N2O2S/c16-9-4-11(18)13(5-10(9)17)22-25(23,24)14-6-21-12-3-7(15(19)20)1-2-8(12)14/h4-7,15,21-22H,1-3H2/t7-/m0/s1. The predicted molar refractivity (Wildman–Crippen MR) is 87.2 cm³/mol. The van der Waals surface area contributed by atoms with Crippen molar-refractivity contribution in [2.24, 2.45) is 5.92 Å². The molecular formula is C15H13BrF4N2O2S. The van der Waals surface area contributed by atoms with Crippen LogP contribution in [0.15, 0.2) is 27.7 Å². The Balaban J connectivity index is 1.91. The zero-order chi connectivity index (χ0) is 18.4. The smallest absolute Gasteiger partial charge is 0.263 e. The number of aromatic nitrogens is 1. The fourth-order valence-corrected chi connectivity index (χ4v) is 4.52. The highest BCUT2D eigenvalue weighted by Crippen LogP contribution is 2.34. The summed E-state index contributed by atoms with van der Waals surface area (Å²) in [5, 5.41) is 0. The van der Waals surface area contributed by atoms with Crippen LogP contribution < -0.4 is 4.72 Å². The Morgan fingerprint density at radius 1 is 1.24 bits per heavy atom. The summed E-state index contributed by atoms with van der Waals surface area (Å²) in [4.78, 5) is 2.57. The minimum absolute atomic E-state index is 0.0454. The van der Waals surface area contributed by atoms with Gasteiger partial charge in [0, 0.05) is 23.9 Å². The third kappa shape index (κ3) is 3.55. The molecule has 1 atom stereocenters. The summed E-state index contributed by atoms with van der Waals surface area (Å²) in [6, 6.07) is 1.54. The van der Waals surface area contributed by atoms with E-state index in [1.807, 2.05) is 4.72 Å². The van der Waals surface area contributed by atoms with E-state index in [2.05, 4.69) is 20.9 Å². The molecule has 0 saturated carbocycles. The van der Waals surface area contributed by atoms with Crippen molar-refractivity contribution in [3.05, 3.63) is 45.7 Å². The number of rotatable bonds is 4. The molecule has 0 radical (unpaired) electrons. The van der Waals surface area contributed by atoms with Crippen LogP contribution in [0.4, 0.5) is 23.2 Å². The lowest BCUT2D eigenvalue weighted by atomic mass is 9.88. The lowest BCUT2D eigenvalue weighted by Gasteiger charge is -2.22. The largest absolute Gasteiger partial charge is 0.363 e. The van der Waals surface area contributed by atoms with E-state index >= 15 is 0 Å². The van der Waals surface area contributed by atoms with E-state index in [1.54, 1.807) is 0 Å². The van der Waals surface area contributed by atoms with Gasteiger partial charge in [-0.3, -0.25) is 4.72 Å². The average Bonchev–Trinajstić information content (AvgIpc) is 2.96. The Labute approximate surface area is 149 Å². The molecule has 0 bridgehead atoms. The normalized spacial score (nSPS) is 17.6. The second-order valence-corrected chi connectivity index (χ2v) is 8.30. The van der Waals surface area contributed by atoms with Crippen LogP contribution in [0.2, 0.25) is 0 Å². The van der Waals surface area contributed by atoms with Gasteiger partial charge >= 0.3 is 0 Å². The van der Waals surface area contributed by atoms with Crippen molar-refractivity contribution in [2.45, 2.75) is 30.6 Å². The van der Waals surface area contributed by atoms with Crippen molar-refractivity contribution < 1.29 is 26.0 Å². The number of benzene rings is 1. The number of nitrogens with one attached hydrogen (secondary N) is 2. The molecule has 0 unspecified atom stereocenters. The average molecular weight is 441 g/mol. The van der Waals surface area contributed by atoms with Gasteiger partial charge in [-0.15, -0.1) is 0 Å². The number of hydrogen-bond acceptors (Lipinski definition) is 2. The summed E-state index contributed by atoms with van der Waals surface area (Å²) in [5.74, 6) is -2.60. The van der Waals surface area contributed by atoms with Crippen LogP contribution in [-0.2, 0) is 22.9 Å². The number of H-pyrrole nitrogens is 1. The summed E-state index contributed by atoms with van der Waals surface area (Å²) in [7, 11) is -4.19. The highest BCUT2D eigenvalue weighted by atomic mass is 79.9. The maximum atomic E-state index is 13.9. The number of alkyl halides is 2. The van der Waals surface area contributed by atoms with Crippen LogP contribution in [0.5, 0.6) is 0 Å². The Hall–Kier alpha value is -1.55. The van der Waals surface area contributed by atoms with Crippen molar-refractivity contribution in [3.63, 3.8) is 0 Å². The molecule has 10 heteroatoms. The number of aromatic amines is 1. The van der Waals surface area contributed by atoms with E-state index in [-0.39, 0.29) is 28.6 Å². The molecule has 0 aliphatic heterocycles. The molecule has 0 fully saturated rings. The third-order valence-corrected chi connectivity index (χ3v) is 6.21. The number of sulfonamides is 1. The monoisotopic (exact) mass is 440 g/mol. The van der Waals surface area contributed by atoms with Crippen molar-refractivity contribution in [2.75, 3.05) is 4.72 Å². The number of hydrogen-bond donors (Lipinski definition) is 2. The van der Waals surface area contributed by atoms with E-state index in [1.165, 1.54) is 6.20 Å². The van der Waals surface area contributed by atoms with E-state index in [0.29, 0.717) is 11.3 Å². The molecule has 1 aliphatic carbocycles. The second kappa shape index (κ2) is 6.64. The van der Waals surface area contributed by atoms with Gasteiger partial charge in [0.15, 0.2) is 0 Å². The predicted octanol–water partition coefficient (Wildman–Crippen LogP) is 4.23. The first-order valence-electron chi connectivity index (χ1n) is 7.33. The lowest BCUT2D eigenvalue weighted by molar-refractivity contribution is 0.0689. The first kappa shape index (κ1) is 18.2. The van der Waals surface area contributed by atoms with E-state index in [4.69, 9.17) is 0 Å². The van der Waals surface area contributed by atoms with Crippen LogP contribution in [0.3, 0.4) is 0 Å². The third-order valence-electron chi connectivity index (χ3n) is 4.17. The van der Waals surface area contributed by atoms with Crippen molar-refractivity contribution in [1.29, 1.82) is 0 Å². The molecular weight excluding hydrogens is 428 g/mol. The lowest BCUT2D eigenvalue weighted by Crippen LogP contribution is -2.22. The Morgan fingerprint density at radius 2 is 1.96 bits per heavy atom. The van der Waals surface area contributed by atoms with Gasteiger partial charge in [0.05, 0.1) is 10.2 Å². The van der Waals surface area contributed by atoms with E-state index in [0.717, 1.165) is 12.1 Å². The highest BCUT2D eigenvalue weighted by molar-refractivity contribution is 9.10. The summed E-state index contributed by atoms with van der Waals surface area (Å²) in [5.41, 5.74) is 0.304. The van der Waals surface area contributed by atoms with Crippen LogP contribution in [0.1, 0.15) is 17.7 Å². The highest BCUT2D eigenvalue weighted by Gasteiger charge is 2.32. The molecule has 2 aromatic rings. The van der Waals surface area contributed by atoms with Crippen molar-refractivity contribution in [1.82, 2.24) is 4.98 Å². The molecule has 1 aromatic carbocycles. The molecule has 136 valence electrons. The number of anilines is 1. The summed E-state index contributed by atoms with van der Waals surface area (Å²) >= 11 is 2.81. The van der Waals surface area contributed by atoms with Gasteiger partial charge in [-0.2, -0.15) is 0 Å². The molecule has 25 heavy (non-hydrogen) atoms. The number of halogens is 5. The fourth-order valence-electron chi connectivity index (χ4n) is 2.88. The summed E-state index contributed by atoms with van der Waals surface area (Å²) in [6.07, 6.45) is -0.916. The van der Waals surface area contributed by atoms with Gasteiger partial charge in [-0.25, -0.2) is 26.0 Å². The maximum Gasteiger partial charge on any atom is 0.263 e. The van der Waals surface area contributed by atoms with Gasteiger partial charge in [0.25, 0.3) is 10.0 Å². The van der Waals surface area contributed by atoms with E-state index < -0.39 is 39.7 Å². The minimum atomic E-state index is -4.19. The van der Waals surface area contributed by atoms with E-state index in [9.17, 15) is 26.0 Å². The van der Waals surface area contributed by atoms with Gasteiger partial charge in [0.2, 0.25) is 6.43 Å². The minimum Gasteiger partial charge on any atom is -0.363 e. The molecule has 1 heterocycles. The molecule has 4 nitrogen and oxygen atoms in total. The van der Waals surface area contributed by atoms with Crippen LogP contribution in [0.25, 0.3) is 0 Å². The molecule has 1 aromatic heterocycles. The van der Waals surface area contributed by atoms with Crippen LogP contribution >= 0.6 is 15.9 Å². The Morgan fingerprint density at radius 3 is 2.64 bits per heavy atom. The van der Waals surface area contributed by atoms with Gasteiger partial charge in [-0.05, 0) is 46.8 Å². The molecule has 0 spiro atoms. The summed E-state index contributed by atoms with van der Waals surface area (Å²) < 4.78 is 80.0. The molecule has 3 rings (SSSR count). The van der Waals surface area contributed by atoms with Crippen LogP contribution in [0, 0.1) is 17.6 Å². The maximum absolute atomic E-state index is 13.9. The van der Waals surface area contributed by atoms with Crippen molar-refractivity contribution in [3.8, 4) is 0 Å². The van der Waals surface area contributed by atoms with Crippen LogP contribution in [-0.4, -0.2) is 19.8 Å². The first-order chi connectivity index (χ1) is 11.7. The topological polar surface area (TPSA) is 62.0 Å². The zero-order valence-electron chi connectivity index (χ0n) is 12.6. The van der Waals surface area contributed by atoms with Crippen molar-refractivity contribution >= 4 is 31.6 Å².